The van der Waals surface area contributed by atoms with E-state index in [2.05, 4.69) is 26.9 Å². The molecule has 0 spiro atoms. The molecular formula is C16H26N4. The normalized spacial score (nSPS) is 26.2. The third kappa shape index (κ3) is 2.87. The monoisotopic (exact) mass is 274 g/mol. The lowest BCUT2D eigenvalue weighted by Gasteiger charge is -2.46. The largest absolute Gasteiger partial charge is 0.329 e. The molecule has 2 aliphatic rings. The van der Waals surface area contributed by atoms with Gasteiger partial charge in [-0.3, -0.25) is 14.8 Å². The van der Waals surface area contributed by atoms with Crippen LogP contribution in [0, 0.1) is 6.92 Å². The zero-order valence-electron chi connectivity index (χ0n) is 12.5. The Bertz CT molecular complexity index is 431. The van der Waals surface area contributed by atoms with Crippen LogP contribution < -0.4 is 5.73 Å². The molecule has 2 fully saturated rings. The fourth-order valence-electron chi connectivity index (χ4n) is 3.64. The summed E-state index contributed by atoms with van der Waals surface area (Å²) in [5.41, 5.74) is 8.40. The predicted molar refractivity (Wildman–Crippen MR) is 81.6 cm³/mol. The predicted octanol–water partition coefficient (Wildman–Crippen LogP) is 1.56. The minimum atomic E-state index is 0.326. The van der Waals surface area contributed by atoms with Crippen molar-refractivity contribution in [2.75, 3.05) is 32.7 Å². The van der Waals surface area contributed by atoms with Crippen LogP contribution in [0.5, 0.6) is 0 Å². The van der Waals surface area contributed by atoms with Crippen LogP contribution in [0.15, 0.2) is 18.3 Å². The minimum absolute atomic E-state index is 0.326. The van der Waals surface area contributed by atoms with E-state index in [1.165, 1.54) is 37.9 Å². The first-order valence-electron chi connectivity index (χ1n) is 7.88. The zero-order valence-corrected chi connectivity index (χ0v) is 12.5. The van der Waals surface area contributed by atoms with Crippen LogP contribution >= 0.6 is 0 Å². The molecule has 0 amide bonds. The molecule has 2 unspecified atom stereocenters. The number of rotatable bonds is 3. The first-order chi connectivity index (χ1) is 9.78. The molecule has 4 heteroatoms. The van der Waals surface area contributed by atoms with E-state index in [4.69, 9.17) is 5.73 Å². The Kier molecular flexibility index (Phi) is 4.34. The summed E-state index contributed by atoms with van der Waals surface area (Å²) in [6.45, 7) is 7.49. The van der Waals surface area contributed by atoms with Crippen LogP contribution in [0.3, 0.4) is 0 Å². The molecule has 110 valence electrons. The zero-order chi connectivity index (χ0) is 13.9. The van der Waals surface area contributed by atoms with Crippen molar-refractivity contribution in [3.8, 4) is 0 Å². The van der Waals surface area contributed by atoms with E-state index in [9.17, 15) is 0 Å². The fourth-order valence-corrected chi connectivity index (χ4v) is 3.64. The van der Waals surface area contributed by atoms with Crippen LogP contribution in [-0.2, 0) is 0 Å². The molecule has 3 rings (SSSR count). The third-order valence-corrected chi connectivity index (χ3v) is 4.85. The van der Waals surface area contributed by atoms with Crippen molar-refractivity contribution in [3.63, 3.8) is 0 Å². The molecule has 4 nitrogen and oxygen atoms in total. The van der Waals surface area contributed by atoms with Crippen molar-refractivity contribution in [3.05, 3.63) is 29.6 Å². The lowest BCUT2D eigenvalue weighted by Crippen LogP contribution is -2.56. The summed E-state index contributed by atoms with van der Waals surface area (Å²) >= 11 is 0. The van der Waals surface area contributed by atoms with Crippen LogP contribution in [0.1, 0.15) is 36.6 Å². The van der Waals surface area contributed by atoms with E-state index in [1.54, 1.807) is 0 Å². The number of hydrogen-bond acceptors (Lipinski definition) is 4. The highest BCUT2D eigenvalue weighted by atomic mass is 15.3. The second-order valence-electron chi connectivity index (χ2n) is 6.16. The van der Waals surface area contributed by atoms with Crippen LogP contribution in [-0.4, -0.2) is 53.5 Å². The first-order valence-corrected chi connectivity index (χ1v) is 7.88. The van der Waals surface area contributed by atoms with Gasteiger partial charge in [0.25, 0.3) is 0 Å². The lowest BCUT2D eigenvalue weighted by atomic mass is 9.97. The molecule has 2 N–H and O–H groups in total. The van der Waals surface area contributed by atoms with Crippen molar-refractivity contribution < 1.29 is 0 Å². The Morgan fingerprint density at radius 3 is 2.95 bits per heavy atom. The van der Waals surface area contributed by atoms with E-state index in [0.717, 1.165) is 24.8 Å². The highest BCUT2D eigenvalue weighted by molar-refractivity contribution is 5.18. The molecule has 0 aromatic carbocycles. The molecule has 0 aliphatic carbocycles. The number of piperidine rings is 1. The van der Waals surface area contributed by atoms with Crippen molar-refractivity contribution in [1.29, 1.82) is 0 Å². The molecule has 2 saturated heterocycles. The average molecular weight is 274 g/mol. The number of hydrogen-bond donors (Lipinski definition) is 1. The van der Waals surface area contributed by atoms with Crippen molar-refractivity contribution >= 4 is 0 Å². The van der Waals surface area contributed by atoms with E-state index in [1.807, 2.05) is 13.1 Å². The van der Waals surface area contributed by atoms with E-state index in [-0.39, 0.29) is 0 Å². The molecule has 0 bridgehead atoms. The Morgan fingerprint density at radius 1 is 1.30 bits per heavy atom. The van der Waals surface area contributed by atoms with Gasteiger partial charge in [-0.15, -0.1) is 0 Å². The molecule has 1 aromatic heterocycles. The summed E-state index contributed by atoms with van der Waals surface area (Å²) < 4.78 is 0. The quantitative estimate of drug-likeness (QED) is 0.908. The maximum atomic E-state index is 6.06. The van der Waals surface area contributed by atoms with Gasteiger partial charge in [-0.2, -0.15) is 0 Å². The van der Waals surface area contributed by atoms with Crippen molar-refractivity contribution in [1.82, 2.24) is 14.8 Å². The fraction of sp³-hybridized carbons (Fsp3) is 0.688. The van der Waals surface area contributed by atoms with Crippen LogP contribution in [0.2, 0.25) is 0 Å². The maximum absolute atomic E-state index is 6.06. The molecule has 0 radical (unpaired) electrons. The van der Waals surface area contributed by atoms with Crippen molar-refractivity contribution in [2.45, 2.75) is 38.3 Å². The second kappa shape index (κ2) is 6.20. The standard InChI is InChI=1S/C16H26N4/c1-13-5-6-14(11-18-13)16(10-17)20-9-8-19-7-3-2-4-15(19)12-20/h5-6,11,15-16H,2-4,7-10,12,17H2,1H3. The SMILES string of the molecule is Cc1ccc(C(CN)N2CCN3CCCCC3C2)cn1. The number of nitrogens with zero attached hydrogens (tertiary/aromatic N) is 3. The molecule has 0 saturated carbocycles. The summed E-state index contributed by atoms with van der Waals surface area (Å²) in [5.74, 6) is 0. The highest BCUT2D eigenvalue weighted by Crippen LogP contribution is 2.27. The second-order valence-corrected chi connectivity index (χ2v) is 6.16. The van der Waals surface area contributed by atoms with Gasteiger partial charge in [-0.05, 0) is 37.9 Å². The van der Waals surface area contributed by atoms with Crippen LogP contribution in [0.25, 0.3) is 0 Å². The molecular weight excluding hydrogens is 248 g/mol. The number of piperazine rings is 1. The third-order valence-electron chi connectivity index (χ3n) is 4.85. The smallest absolute Gasteiger partial charge is 0.0486 e. The lowest BCUT2D eigenvalue weighted by molar-refractivity contribution is 0.0285. The number of aryl methyl sites for hydroxylation is 1. The minimum Gasteiger partial charge on any atom is -0.329 e. The Morgan fingerprint density at radius 2 is 2.20 bits per heavy atom. The van der Waals surface area contributed by atoms with Gasteiger partial charge in [0.15, 0.2) is 0 Å². The van der Waals surface area contributed by atoms with E-state index < -0.39 is 0 Å². The number of aromatic nitrogens is 1. The Labute approximate surface area is 122 Å². The number of nitrogens with two attached hydrogens (primary N) is 1. The van der Waals surface area contributed by atoms with Gasteiger partial charge in [-0.1, -0.05) is 12.5 Å². The molecule has 3 heterocycles. The molecule has 2 atom stereocenters. The Balaban J connectivity index is 1.71. The summed E-state index contributed by atoms with van der Waals surface area (Å²) in [6.07, 6.45) is 6.10. The number of pyridine rings is 1. The van der Waals surface area contributed by atoms with Gasteiger partial charge in [0, 0.05) is 50.2 Å². The van der Waals surface area contributed by atoms with E-state index in [0.29, 0.717) is 12.6 Å². The topological polar surface area (TPSA) is 45.4 Å². The summed E-state index contributed by atoms with van der Waals surface area (Å²) in [5, 5.41) is 0. The Hall–Kier alpha value is -0.970. The summed E-state index contributed by atoms with van der Waals surface area (Å²) in [7, 11) is 0. The van der Waals surface area contributed by atoms with Gasteiger partial charge in [0.05, 0.1) is 0 Å². The van der Waals surface area contributed by atoms with Gasteiger partial charge < -0.3 is 5.73 Å². The number of fused-ring (bicyclic) bond motifs is 1. The highest BCUT2D eigenvalue weighted by Gasteiger charge is 2.32. The summed E-state index contributed by atoms with van der Waals surface area (Å²) in [6, 6.07) is 5.35. The molecule has 20 heavy (non-hydrogen) atoms. The molecule has 2 aliphatic heterocycles. The van der Waals surface area contributed by atoms with Gasteiger partial charge in [0.1, 0.15) is 0 Å². The average Bonchev–Trinajstić information content (AvgIpc) is 2.50. The summed E-state index contributed by atoms with van der Waals surface area (Å²) in [4.78, 5) is 9.67. The maximum Gasteiger partial charge on any atom is 0.0486 e. The van der Waals surface area contributed by atoms with Crippen molar-refractivity contribution in [2.24, 2.45) is 5.73 Å². The molecule has 1 aromatic rings. The van der Waals surface area contributed by atoms with Gasteiger partial charge in [0.2, 0.25) is 0 Å². The van der Waals surface area contributed by atoms with Gasteiger partial charge in [-0.25, -0.2) is 0 Å². The van der Waals surface area contributed by atoms with E-state index >= 15 is 0 Å². The van der Waals surface area contributed by atoms with Crippen LogP contribution in [0.4, 0.5) is 0 Å². The first kappa shape index (κ1) is 14.0. The van der Waals surface area contributed by atoms with Gasteiger partial charge >= 0.3 is 0 Å².